The van der Waals surface area contributed by atoms with Crippen molar-refractivity contribution in [1.29, 1.82) is 0 Å². The fraction of sp³-hybridized carbons (Fsp3) is 0.111. The number of hydrogen-bond acceptors (Lipinski definition) is 2. The third-order valence-electron chi connectivity index (χ3n) is 1.94. The van der Waals surface area contributed by atoms with Crippen LogP contribution in [0, 0.1) is 0 Å². The largest absolute Gasteiger partial charge is 0.480 e. The van der Waals surface area contributed by atoms with Crippen molar-refractivity contribution in [3.05, 3.63) is 28.4 Å². The minimum absolute atomic E-state index is 0.274. The Kier molecular flexibility index (Phi) is 2.54. The lowest BCUT2D eigenvalue weighted by molar-refractivity contribution is -0.137. The quantitative estimate of drug-likeness (QED) is 0.883. The van der Waals surface area contributed by atoms with Gasteiger partial charge in [-0.25, -0.2) is 4.68 Å². The van der Waals surface area contributed by atoms with E-state index in [9.17, 15) is 4.79 Å². The zero-order valence-corrected chi connectivity index (χ0v) is 8.96. The highest BCUT2D eigenvalue weighted by atomic mass is 35.5. The molecular formula is C9H6Cl2N2O2. The van der Waals surface area contributed by atoms with Crippen LogP contribution in [0.1, 0.15) is 0 Å². The zero-order valence-electron chi connectivity index (χ0n) is 7.44. The van der Waals surface area contributed by atoms with E-state index < -0.39 is 5.97 Å². The summed E-state index contributed by atoms with van der Waals surface area (Å²) in [7, 11) is 0. The number of benzene rings is 1. The molecule has 0 fully saturated rings. The maximum absolute atomic E-state index is 10.5. The Hall–Kier alpha value is -1.26. The highest BCUT2D eigenvalue weighted by Crippen LogP contribution is 2.28. The number of fused-ring (bicyclic) bond motifs is 1. The summed E-state index contributed by atoms with van der Waals surface area (Å²) in [6, 6.07) is 5.16. The first-order chi connectivity index (χ1) is 7.09. The van der Waals surface area contributed by atoms with E-state index >= 15 is 0 Å². The lowest BCUT2D eigenvalue weighted by Crippen LogP contribution is -2.09. The van der Waals surface area contributed by atoms with E-state index in [2.05, 4.69) is 5.10 Å². The van der Waals surface area contributed by atoms with Gasteiger partial charge in [-0.15, -0.1) is 0 Å². The molecule has 0 bridgehead atoms. The van der Waals surface area contributed by atoms with Crippen LogP contribution in [-0.4, -0.2) is 20.9 Å². The maximum atomic E-state index is 10.5. The molecule has 0 aliphatic rings. The van der Waals surface area contributed by atoms with Crippen LogP contribution >= 0.6 is 23.2 Å². The summed E-state index contributed by atoms with van der Waals surface area (Å²) in [5, 5.41) is 14.1. The first kappa shape index (κ1) is 10.3. The van der Waals surface area contributed by atoms with Crippen LogP contribution < -0.4 is 0 Å². The van der Waals surface area contributed by atoms with Crippen LogP contribution in [-0.2, 0) is 11.3 Å². The molecule has 0 unspecified atom stereocenters. The van der Waals surface area contributed by atoms with Crippen molar-refractivity contribution in [2.45, 2.75) is 6.54 Å². The normalized spacial score (nSPS) is 10.8. The number of halogens is 2. The fourth-order valence-electron chi connectivity index (χ4n) is 1.32. The molecule has 0 amide bonds. The van der Waals surface area contributed by atoms with Gasteiger partial charge in [-0.1, -0.05) is 29.3 Å². The summed E-state index contributed by atoms with van der Waals surface area (Å²) >= 11 is 11.8. The highest BCUT2D eigenvalue weighted by Gasteiger charge is 2.12. The Morgan fingerprint density at radius 1 is 1.47 bits per heavy atom. The molecular weight excluding hydrogens is 239 g/mol. The van der Waals surface area contributed by atoms with Crippen molar-refractivity contribution in [2.75, 3.05) is 0 Å². The summed E-state index contributed by atoms with van der Waals surface area (Å²) in [5.74, 6) is -0.999. The average Bonchev–Trinajstić information content (AvgIpc) is 2.46. The van der Waals surface area contributed by atoms with Gasteiger partial charge in [0.25, 0.3) is 0 Å². The predicted molar refractivity (Wildman–Crippen MR) is 57.4 cm³/mol. The molecule has 0 saturated carbocycles. The van der Waals surface area contributed by atoms with Crippen LogP contribution in [0.25, 0.3) is 10.9 Å². The van der Waals surface area contributed by atoms with E-state index in [0.29, 0.717) is 15.9 Å². The summed E-state index contributed by atoms with van der Waals surface area (Å²) in [6.45, 7) is -0.274. The molecule has 2 rings (SSSR count). The number of nitrogens with zero attached hydrogens (tertiary/aromatic N) is 2. The minimum Gasteiger partial charge on any atom is -0.480 e. The molecule has 0 atom stereocenters. The number of carboxylic acids is 1. The van der Waals surface area contributed by atoms with E-state index in [-0.39, 0.29) is 11.7 Å². The number of aliphatic carboxylic acids is 1. The van der Waals surface area contributed by atoms with Gasteiger partial charge in [0.1, 0.15) is 17.2 Å². The SMILES string of the molecule is O=C(O)Cn1nc2c(Cl)cccc2c1Cl. The molecule has 0 spiro atoms. The molecule has 15 heavy (non-hydrogen) atoms. The van der Waals surface area contributed by atoms with Crippen LogP contribution in [0.15, 0.2) is 18.2 Å². The highest BCUT2D eigenvalue weighted by molar-refractivity contribution is 6.38. The molecule has 1 heterocycles. The first-order valence-corrected chi connectivity index (χ1v) is 4.87. The van der Waals surface area contributed by atoms with Crippen molar-refractivity contribution in [3.63, 3.8) is 0 Å². The van der Waals surface area contributed by atoms with Crippen molar-refractivity contribution in [1.82, 2.24) is 9.78 Å². The van der Waals surface area contributed by atoms with Crippen LogP contribution in [0.4, 0.5) is 0 Å². The molecule has 2 aromatic rings. The zero-order chi connectivity index (χ0) is 11.0. The molecule has 1 aromatic carbocycles. The molecule has 78 valence electrons. The van der Waals surface area contributed by atoms with Gasteiger partial charge in [-0.3, -0.25) is 4.79 Å². The van der Waals surface area contributed by atoms with E-state index in [4.69, 9.17) is 28.3 Å². The number of hydrogen-bond donors (Lipinski definition) is 1. The Bertz CT molecular complexity index is 536. The van der Waals surface area contributed by atoms with Gasteiger partial charge in [0.2, 0.25) is 0 Å². The fourth-order valence-corrected chi connectivity index (χ4v) is 1.78. The topological polar surface area (TPSA) is 55.1 Å². The van der Waals surface area contributed by atoms with Crippen molar-refractivity contribution in [3.8, 4) is 0 Å². The van der Waals surface area contributed by atoms with Crippen LogP contribution in [0.2, 0.25) is 10.2 Å². The van der Waals surface area contributed by atoms with E-state index in [0.717, 1.165) is 0 Å². The van der Waals surface area contributed by atoms with Crippen molar-refractivity contribution < 1.29 is 9.90 Å². The Morgan fingerprint density at radius 2 is 2.20 bits per heavy atom. The van der Waals surface area contributed by atoms with E-state index in [1.54, 1.807) is 18.2 Å². The minimum atomic E-state index is -0.999. The molecule has 0 aliphatic carbocycles. The van der Waals surface area contributed by atoms with Gasteiger partial charge >= 0.3 is 5.97 Å². The second-order valence-corrected chi connectivity index (χ2v) is 3.74. The maximum Gasteiger partial charge on any atom is 0.325 e. The lowest BCUT2D eigenvalue weighted by Gasteiger charge is -1.96. The molecule has 0 saturated heterocycles. The smallest absolute Gasteiger partial charge is 0.325 e. The number of aromatic nitrogens is 2. The van der Waals surface area contributed by atoms with Gasteiger partial charge in [0.15, 0.2) is 0 Å². The average molecular weight is 245 g/mol. The summed E-state index contributed by atoms with van der Waals surface area (Å²) < 4.78 is 1.21. The Balaban J connectivity index is 2.64. The summed E-state index contributed by atoms with van der Waals surface area (Å²) in [4.78, 5) is 10.5. The predicted octanol–water partition coefficient (Wildman–Crippen LogP) is 2.43. The number of carbonyl (C=O) groups is 1. The van der Waals surface area contributed by atoms with E-state index in [1.165, 1.54) is 4.68 Å². The first-order valence-electron chi connectivity index (χ1n) is 4.12. The van der Waals surface area contributed by atoms with Crippen molar-refractivity contribution >= 4 is 40.1 Å². The summed E-state index contributed by atoms with van der Waals surface area (Å²) in [6.07, 6.45) is 0. The standard InChI is InChI=1S/C9H6Cl2N2O2/c10-6-3-1-2-5-8(6)12-13(9(5)11)4-7(14)15/h1-3H,4H2,(H,14,15). The Labute approximate surface area is 95.0 Å². The van der Waals surface area contributed by atoms with Crippen molar-refractivity contribution in [2.24, 2.45) is 0 Å². The molecule has 0 radical (unpaired) electrons. The number of carboxylic acid groups (broad SMARTS) is 1. The molecule has 4 nitrogen and oxygen atoms in total. The molecule has 1 N–H and O–H groups in total. The molecule has 1 aromatic heterocycles. The van der Waals surface area contributed by atoms with Gasteiger partial charge in [-0.2, -0.15) is 5.10 Å². The molecule has 6 heteroatoms. The Morgan fingerprint density at radius 3 is 2.80 bits per heavy atom. The second-order valence-electron chi connectivity index (χ2n) is 2.98. The van der Waals surface area contributed by atoms with Gasteiger partial charge in [0, 0.05) is 5.39 Å². The third kappa shape index (κ3) is 1.78. The molecule has 0 aliphatic heterocycles. The lowest BCUT2D eigenvalue weighted by atomic mass is 10.3. The van der Waals surface area contributed by atoms with Crippen LogP contribution in [0.5, 0.6) is 0 Å². The van der Waals surface area contributed by atoms with Gasteiger partial charge in [0.05, 0.1) is 5.02 Å². The summed E-state index contributed by atoms with van der Waals surface area (Å²) in [5.41, 5.74) is 0.519. The van der Waals surface area contributed by atoms with Gasteiger partial charge < -0.3 is 5.11 Å². The third-order valence-corrected chi connectivity index (χ3v) is 2.65. The van der Waals surface area contributed by atoms with E-state index in [1.807, 2.05) is 0 Å². The second kappa shape index (κ2) is 3.72. The number of rotatable bonds is 2. The van der Waals surface area contributed by atoms with Crippen LogP contribution in [0.3, 0.4) is 0 Å². The van der Waals surface area contributed by atoms with Gasteiger partial charge in [-0.05, 0) is 12.1 Å². The monoisotopic (exact) mass is 244 g/mol.